The van der Waals surface area contributed by atoms with Gasteiger partial charge in [-0.15, -0.1) is 0 Å². The van der Waals surface area contributed by atoms with Crippen molar-refractivity contribution in [1.29, 1.82) is 0 Å². The molecule has 1 aliphatic carbocycles. The molecule has 2 amide bonds. The van der Waals surface area contributed by atoms with E-state index in [0.29, 0.717) is 0 Å². The van der Waals surface area contributed by atoms with Crippen molar-refractivity contribution in [3.8, 4) is 11.1 Å². The monoisotopic (exact) mass is 478 g/mol. The van der Waals surface area contributed by atoms with Crippen LogP contribution in [0.4, 0.5) is 10.5 Å². The standard InChI is InChI=1S/C25H26N4O6/c1-14(34-3)21(23(30)26-20-12-29(2)28-22(20)24(31)32)27-25(33)35-13-19-17-10-6-4-8-15(17)16-9-5-7-11-18(16)19/h4-12,14,19,21H,13H2,1-3H3,(H,26,30)(H,27,33)(H,31,32). The summed E-state index contributed by atoms with van der Waals surface area (Å²) in [7, 11) is 2.93. The maximum Gasteiger partial charge on any atom is 0.407 e. The zero-order chi connectivity index (χ0) is 25.1. The number of carboxylic acids is 1. The number of hydrogen-bond acceptors (Lipinski definition) is 6. The Kier molecular flexibility index (Phi) is 6.83. The predicted molar refractivity (Wildman–Crippen MR) is 127 cm³/mol. The molecule has 0 saturated heterocycles. The van der Waals surface area contributed by atoms with Crippen molar-refractivity contribution < 1.29 is 29.0 Å². The van der Waals surface area contributed by atoms with Crippen molar-refractivity contribution in [3.05, 3.63) is 71.5 Å². The van der Waals surface area contributed by atoms with Gasteiger partial charge in [0, 0.05) is 26.3 Å². The number of carbonyl (C=O) groups excluding carboxylic acids is 2. The van der Waals surface area contributed by atoms with Crippen LogP contribution >= 0.6 is 0 Å². The Morgan fingerprint density at radius 3 is 2.26 bits per heavy atom. The van der Waals surface area contributed by atoms with Gasteiger partial charge in [-0.1, -0.05) is 48.5 Å². The molecule has 0 aliphatic heterocycles. The van der Waals surface area contributed by atoms with Crippen molar-refractivity contribution in [2.24, 2.45) is 7.05 Å². The lowest BCUT2D eigenvalue weighted by Crippen LogP contribution is -2.51. The van der Waals surface area contributed by atoms with Gasteiger partial charge in [0.2, 0.25) is 5.91 Å². The first kappa shape index (κ1) is 24.0. The summed E-state index contributed by atoms with van der Waals surface area (Å²) in [5.41, 5.74) is 4.04. The molecule has 0 saturated carbocycles. The lowest BCUT2D eigenvalue weighted by atomic mass is 9.98. The molecule has 182 valence electrons. The predicted octanol–water partition coefficient (Wildman–Crippen LogP) is 3.00. The Balaban J connectivity index is 1.45. The number of amides is 2. The summed E-state index contributed by atoms with van der Waals surface area (Å²) in [6.45, 7) is 1.69. The summed E-state index contributed by atoms with van der Waals surface area (Å²) >= 11 is 0. The van der Waals surface area contributed by atoms with Crippen LogP contribution in [0, 0.1) is 0 Å². The van der Waals surface area contributed by atoms with E-state index in [-0.39, 0.29) is 23.9 Å². The summed E-state index contributed by atoms with van der Waals surface area (Å²) in [6.07, 6.45) is -0.149. The average molecular weight is 479 g/mol. The quantitative estimate of drug-likeness (QED) is 0.453. The van der Waals surface area contributed by atoms with Gasteiger partial charge < -0.3 is 25.2 Å². The van der Waals surface area contributed by atoms with E-state index < -0.39 is 30.1 Å². The minimum atomic E-state index is -1.29. The molecule has 3 N–H and O–H groups in total. The number of carboxylic acid groups (broad SMARTS) is 1. The van der Waals surface area contributed by atoms with E-state index >= 15 is 0 Å². The lowest BCUT2D eigenvalue weighted by Gasteiger charge is -2.23. The van der Waals surface area contributed by atoms with Crippen molar-refractivity contribution in [1.82, 2.24) is 15.1 Å². The number of benzene rings is 2. The molecule has 10 nitrogen and oxygen atoms in total. The summed E-state index contributed by atoms with van der Waals surface area (Å²) in [4.78, 5) is 37.0. The van der Waals surface area contributed by atoms with E-state index in [2.05, 4.69) is 15.7 Å². The summed E-state index contributed by atoms with van der Waals surface area (Å²) in [6, 6.07) is 14.8. The molecule has 3 aromatic rings. The molecule has 1 aromatic heterocycles. The van der Waals surface area contributed by atoms with Gasteiger partial charge in [0.05, 0.1) is 11.8 Å². The molecular weight excluding hydrogens is 452 g/mol. The fourth-order valence-electron chi connectivity index (χ4n) is 4.25. The zero-order valence-electron chi connectivity index (χ0n) is 19.5. The van der Waals surface area contributed by atoms with Crippen LogP contribution in [-0.4, -0.2) is 58.7 Å². The van der Waals surface area contributed by atoms with Crippen LogP contribution in [-0.2, 0) is 21.3 Å². The van der Waals surface area contributed by atoms with Gasteiger partial charge in [0.25, 0.3) is 0 Å². The van der Waals surface area contributed by atoms with Gasteiger partial charge in [-0.2, -0.15) is 5.10 Å². The highest BCUT2D eigenvalue weighted by Crippen LogP contribution is 2.44. The first-order valence-electron chi connectivity index (χ1n) is 11.0. The number of anilines is 1. The van der Waals surface area contributed by atoms with Crippen LogP contribution in [0.2, 0.25) is 0 Å². The number of aromatic nitrogens is 2. The minimum Gasteiger partial charge on any atom is -0.476 e. The number of hydrogen-bond donors (Lipinski definition) is 3. The van der Waals surface area contributed by atoms with E-state index in [1.165, 1.54) is 25.0 Å². The van der Waals surface area contributed by atoms with E-state index in [1.54, 1.807) is 6.92 Å². The number of alkyl carbamates (subject to hydrolysis) is 1. The largest absolute Gasteiger partial charge is 0.476 e. The SMILES string of the molecule is COC(C)C(NC(=O)OCC1c2ccccc2-c2ccccc21)C(=O)Nc1cn(C)nc1C(=O)O. The maximum absolute atomic E-state index is 12.9. The summed E-state index contributed by atoms with van der Waals surface area (Å²) in [5, 5.41) is 18.2. The van der Waals surface area contributed by atoms with Gasteiger partial charge in [0.1, 0.15) is 12.6 Å². The van der Waals surface area contributed by atoms with Crippen LogP contribution in [0.3, 0.4) is 0 Å². The first-order valence-corrected chi connectivity index (χ1v) is 11.0. The van der Waals surface area contributed by atoms with Gasteiger partial charge >= 0.3 is 12.1 Å². The van der Waals surface area contributed by atoms with Gasteiger partial charge in [-0.05, 0) is 29.2 Å². The Morgan fingerprint density at radius 2 is 1.69 bits per heavy atom. The smallest absolute Gasteiger partial charge is 0.407 e. The zero-order valence-corrected chi connectivity index (χ0v) is 19.5. The molecule has 0 radical (unpaired) electrons. The van der Waals surface area contributed by atoms with Crippen molar-refractivity contribution in [3.63, 3.8) is 0 Å². The molecule has 10 heteroatoms. The Hall–Kier alpha value is -4.18. The minimum absolute atomic E-state index is 0.00707. The second kappa shape index (κ2) is 9.98. The number of methoxy groups -OCH3 is 1. The molecule has 0 bridgehead atoms. The third-order valence-electron chi connectivity index (χ3n) is 6.03. The van der Waals surface area contributed by atoms with E-state index in [0.717, 1.165) is 22.3 Å². The molecule has 0 spiro atoms. The van der Waals surface area contributed by atoms with Gasteiger partial charge in [-0.25, -0.2) is 9.59 Å². The molecule has 2 atom stereocenters. The Labute approximate surface area is 201 Å². The maximum atomic E-state index is 12.9. The highest BCUT2D eigenvalue weighted by atomic mass is 16.5. The van der Waals surface area contributed by atoms with Crippen molar-refractivity contribution in [2.75, 3.05) is 19.0 Å². The first-order chi connectivity index (χ1) is 16.8. The summed E-state index contributed by atoms with van der Waals surface area (Å²) < 4.78 is 12.1. The van der Waals surface area contributed by atoms with Gasteiger partial charge in [0.15, 0.2) is 5.69 Å². The lowest BCUT2D eigenvalue weighted by molar-refractivity contribution is -0.121. The van der Waals surface area contributed by atoms with E-state index in [9.17, 15) is 19.5 Å². The van der Waals surface area contributed by atoms with Crippen molar-refractivity contribution in [2.45, 2.75) is 25.0 Å². The molecule has 0 fully saturated rings. The highest BCUT2D eigenvalue weighted by Gasteiger charge is 2.32. The molecule has 1 aliphatic rings. The highest BCUT2D eigenvalue weighted by molar-refractivity contribution is 6.02. The normalized spacial score (nSPS) is 13.9. The Bertz CT molecular complexity index is 1220. The number of carbonyl (C=O) groups is 3. The number of aromatic carboxylic acids is 1. The van der Waals surface area contributed by atoms with Crippen LogP contribution in [0.25, 0.3) is 11.1 Å². The molecule has 2 aromatic carbocycles. The molecule has 4 rings (SSSR count). The topological polar surface area (TPSA) is 132 Å². The number of rotatable bonds is 8. The van der Waals surface area contributed by atoms with Gasteiger partial charge in [-0.3, -0.25) is 9.48 Å². The third kappa shape index (κ3) is 4.87. The number of nitrogens with zero attached hydrogens (tertiary/aromatic N) is 2. The second-order valence-electron chi connectivity index (χ2n) is 8.25. The Morgan fingerprint density at radius 1 is 1.09 bits per heavy atom. The number of nitrogens with one attached hydrogen (secondary N) is 2. The molecular formula is C25H26N4O6. The van der Waals surface area contributed by atoms with Crippen molar-refractivity contribution >= 4 is 23.7 Å². The second-order valence-corrected chi connectivity index (χ2v) is 8.25. The fraction of sp³-hybridized carbons (Fsp3) is 0.280. The third-order valence-corrected chi connectivity index (χ3v) is 6.03. The number of aryl methyl sites for hydroxylation is 1. The van der Waals surface area contributed by atoms with Crippen LogP contribution in [0.5, 0.6) is 0 Å². The van der Waals surface area contributed by atoms with Crippen LogP contribution in [0.15, 0.2) is 54.7 Å². The number of fused-ring (bicyclic) bond motifs is 3. The molecule has 2 unspecified atom stereocenters. The fourth-order valence-corrected chi connectivity index (χ4v) is 4.25. The van der Waals surface area contributed by atoms with E-state index in [1.807, 2.05) is 48.5 Å². The average Bonchev–Trinajstić information content (AvgIpc) is 3.38. The summed E-state index contributed by atoms with van der Waals surface area (Å²) in [5.74, 6) is -2.08. The molecule has 35 heavy (non-hydrogen) atoms. The van der Waals surface area contributed by atoms with Crippen LogP contribution < -0.4 is 10.6 Å². The molecule has 1 heterocycles. The van der Waals surface area contributed by atoms with Crippen LogP contribution in [0.1, 0.15) is 34.5 Å². The van der Waals surface area contributed by atoms with E-state index in [4.69, 9.17) is 9.47 Å². The number of ether oxygens (including phenoxy) is 2.